The molecule has 1 saturated carbocycles. The fourth-order valence-corrected chi connectivity index (χ4v) is 5.28. The number of amides is 1. The highest BCUT2D eigenvalue weighted by Gasteiger charge is 2.54. The maximum Gasteiger partial charge on any atom is 0.220 e. The fraction of sp³-hybridized carbons (Fsp3) is 0.611. The van der Waals surface area contributed by atoms with Crippen LogP contribution >= 0.6 is 0 Å². The van der Waals surface area contributed by atoms with Crippen molar-refractivity contribution < 1.29 is 9.53 Å². The van der Waals surface area contributed by atoms with E-state index in [-0.39, 0.29) is 11.4 Å². The molecule has 1 aromatic carbocycles. The third-order valence-electron chi connectivity index (χ3n) is 5.90. The SMILES string of the molecule is COc1ccc2c(c1)CC1CC(C)CC23NC(=O)CCC13. The number of piperidine rings is 1. The summed E-state index contributed by atoms with van der Waals surface area (Å²) >= 11 is 0. The van der Waals surface area contributed by atoms with E-state index in [0.717, 1.165) is 25.0 Å². The standard InChI is InChI=1S/C18H23NO2/c1-11-7-12-8-13-9-14(21-2)3-4-15(13)18(10-11)16(12)5-6-17(20)19-18/h3-4,9,11-12,16H,5-8,10H2,1-2H3,(H,19,20). The number of nitrogens with one attached hydrogen (secondary N) is 1. The van der Waals surface area contributed by atoms with Gasteiger partial charge in [0.15, 0.2) is 0 Å². The third kappa shape index (κ3) is 1.82. The van der Waals surface area contributed by atoms with E-state index in [0.29, 0.717) is 24.2 Å². The number of carbonyl (C=O) groups excluding carboxylic acids is 1. The number of fused-ring (bicyclic) bond motifs is 1. The molecule has 4 rings (SSSR count). The van der Waals surface area contributed by atoms with Crippen LogP contribution in [0, 0.1) is 17.8 Å². The number of ether oxygens (including phenoxy) is 1. The van der Waals surface area contributed by atoms with E-state index in [1.807, 2.05) is 6.07 Å². The van der Waals surface area contributed by atoms with Crippen LogP contribution in [0.25, 0.3) is 0 Å². The number of carbonyl (C=O) groups is 1. The van der Waals surface area contributed by atoms with Crippen LogP contribution < -0.4 is 10.1 Å². The summed E-state index contributed by atoms with van der Waals surface area (Å²) in [4.78, 5) is 12.1. The lowest BCUT2D eigenvalue weighted by atomic mass is 9.53. The fourth-order valence-electron chi connectivity index (χ4n) is 5.28. The lowest BCUT2D eigenvalue weighted by molar-refractivity contribution is -0.131. The first-order valence-electron chi connectivity index (χ1n) is 8.11. The quantitative estimate of drug-likeness (QED) is 0.861. The van der Waals surface area contributed by atoms with Gasteiger partial charge in [-0.1, -0.05) is 13.0 Å². The summed E-state index contributed by atoms with van der Waals surface area (Å²) in [6.07, 6.45) is 5.26. The lowest BCUT2D eigenvalue weighted by Crippen LogP contribution is -2.62. The van der Waals surface area contributed by atoms with Gasteiger partial charge >= 0.3 is 0 Å². The molecule has 1 aliphatic heterocycles. The van der Waals surface area contributed by atoms with Gasteiger partial charge in [0.25, 0.3) is 0 Å². The van der Waals surface area contributed by atoms with E-state index in [1.54, 1.807) is 7.11 Å². The first kappa shape index (κ1) is 13.2. The second-order valence-corrected chi connectivity index (χ2v) is 7.20. The largest absolute Gasteiger partial charge is 0.497 e. The number of hydrogen-bond donors (Lipinski definition) is 1. The summed E-state index contributed by atoms with van der Waals surface area (Å²) in [7, 11) is 1.72. The molecule has 4 atom stereocenters. The zero-order valence-corrected chi connectivity index (χ0v) is 12.8. The normalized spacial score (nSPS) is 37.2. The second kappa shape index (κ2) is 4.49. The predicted molar refractivity (Wildman–Crippen MR) is 81.1 cm³/mol. The Morgan fingerprint density at radius 2 is 2.24 bits per heavy atom. The Bertz CT molecular complexity index is 597. The predicted octanol–water partition coefficient (Wildman–Crippen LogP) is 3.02. The van der Waals surface area contributed by atoms with Gasteiger partial charge in [-0.3, -0.25) is 4.79 Å². The Morgan fingerprint density at radius 1 is 1.38 bits per heavy atom. The van der Waals surface area contributed by atoms with Crippen LogP contribution in [0.15, 0.2) is 18.2 Å². The highest BCUT2D eigenvalue weighted by molar-refractivity contribution is 5.78. The summed E-state index contributed by atoms with van der Waals surface area (Å²) in [5.74, 6) is 3.15. The molecule has 4 unspecified atom stereocenters. The minimum Gasteiger partial charge on any atom is -0.497 e. The maximum atomic E-state index is 12.1. The molecule has 21 heavy (non-hydrogen) atoms. The Balaban J connectivity index is 1.88. The van der Waals surface area contributed by atoms with Crippen molar-refractivity contribution in [3.05, 3.63) is 29.3 Å². The van der Waals surface area contributed by atoms with Crippen molar-refractivity contribution in [1.29, 1.82) is 0 Å². The van der Waals surface area contributed by atoms with Gasteiger partial charge in [0.1, 0.15) is 5.75 Å². The molecule has 0 radical (unpaired) electrons. The van der Waals surface area contributed by atoms with Crippen LogP contribution in [0.5, 0.6) is 5.75 Å². The van der Waals surface area contributed by atoms with E-state index in [4.69, 9.17) is 4.74 Å². The van der Waals surface area contributed by atoms with Gasteiger partial charge in [-0.05, 0) is 66.7 Å². The molecule has 1 saturated heterocycles. The van der Waals surface area contributed by atoms with Gasteiger partial charge in [-0.25, -0.2) is 0 Å². The van der Waals surface area contributed by atoms with Crippen LogP contribution in [0.3, 0.4) is 0 Å². The van der Waals surface area contributed by atoms with Crippen LogP contribution in [-0.4, -0.2) is 13.0 Å². The zero-order valence-electron chi connectivity index (χ0n) is 12.8. The average molecular weight is 285 g/mol. The van der Waals surface area contributed by atoms with E-state index >= 15 is 0 Å². The first-order valence-corrected chi connectivity index (χ1v) is 8.11. The van der Waals surface area contributed by atoms with Crippen LogP contribution in [0.2, 0.25) is 0 Å². The number of methoxy groups -OCH3 is 1. The van der Waals surface area contributed by atoms with Gasteiger partial charge in [0.05, 0.1) is 12.6 Å². The maximum absolute atomic E-state index is 12.1. The summed E-state index contributed by atoms with van der Waals surface area (Å²) in [5, 5.41) is 3.41. The van der Waals surface area contributed by atoms with Crippen molar-refractivity contribution in [2.45, 2.75) is 44.6 Å². The molecule has 3 nitrogen and oxygen atoms in total. The molecule has 1 amide bonds. The number of benzene rings is 1. The smallest absolute Gasteiger partial charge is 0.220 e. The van der Waals surface area contributed by atoms with Crippen molar-refractivity contribution in [3.8, 4) is 5.75 Å². The monoisotopic (exact) mass is 285 g/mol. The van der Waals surface area contributed by atoms with Crippen molar-refractivity contribution in [2.75, 3.05) is 7.11 Å². The van der Waals surface area contributed by atoms with E-state index in [9.17, 15) is 4.79 Å². The molecule has 2 fully saturated rings. The summed E-state index contributed by atoms with van der Waals surface area (Å²) in [5.41, 5.74) is 2.62. The molecule has 0 aromatic heterocycles. The van der Waals surface area contributed by atoms with Gasteiger partial charge in [-0.15, -0.1) is 0 Å². The Morgan fingerprint density at radius 3 is 3.05 bits per heavy atom. The molecule has 112 valence electrons. The van der Waals surface area contributed by atoms with Gasteiger partial charge in [-0.2, -0.15) is 0 Å². The summed E-state index contributed by atoms with van der Waals surface area (Å²) in [6, 6.07) is 6.42. The first-order chi connectivity index (χ1) is 10.1. The van der Waals surface area contributed by atoms with Crippen LogP contribution in [-0.2, 0) is 16.8 Å². The molecule has 2 aliphatic carbocycles. The second-order valence-electron chi connectivity index (χ2n) is 7.20. The third-order valence-corrected chi connectivity index (χ3v) is 5.90. The van der Waals surface area contributed by atoms with Gasteiger partial charge in [0, 0.05) is 6.42 Å². The highest BCUT2D eigenvalue weighted by Crippen LogP contribution is 2.55. The van der Waals surface area contributed by atoms with E-state index in [1.165, 1.54) is 17.5 Å². The molecular weight excluding hydrogens is 262 g/mol. The summed E-state index contributed by atoms with van der Waals surface area (Å²) < 4.78 is 5.39. The molecule has 3 aliphatic rings. The Labute approximate surface area is 126 Å². The molecule has 3 heteroatoms. The number of rotatable bonds is 1. The number of hydrogen-bond acceptors (Lipinski definition) is 2. The average Bonchev–Trinajstić information content (AvgIpc) is 2.45. The minimum atomic E-state index is -0.114. The van der Waals surface area contributed by atoms with Crippen molar-refractivity contribution in [2.24, 2.45) is 17.8 Å². The zero-order chi connectivity index (χ0) is 14.6. The van der Waals surface area contributed by atoms with Gasteiger partial charge in [0.2, 0.25) is 5.91 Å². The molecule has 1 N–H and O–H groups in total. The van der Waals surface area contributed by atoms with Crippen LogP contribution in [0.1, 0.15) is 43.7 Å². The molecular formula is C18H23NO2. The Kier molecular flexibility index (Phi) is 2.82. The molecule has 1 aromatic rings. The minimum absolute atomic E-state index is 0.114. The van der Waals surface area contributed by atoms with Crippen molar-refractivity contribution in [1.82, 2.24) is 5.32 Å². The van der Waals surface area contributed by atoms with Crippen LogP contribution in [0.4, 0.5) is 0 Å². The van der Waals surface area contributed by atoms with E-state index < -0.39 is 0 Å². The molecule has 1 heterocycles. The lowest BCUT2D eigenvalue weighted by Gasteiger charge is -2.57. The topological polar surface area (TPSA) is 38.3 Å². The van der Waals surface area contributed by atoms with E-state index in [2.05, 4.69) is 24.4 Å². The van der Waals surface area contributed by atoms with Crippen molar-refractivity contribution >= 4 is 5.91 Å². The highest BCUT2D eigenvalue weighted by atomic mass is 16.5. The molecule has 0 spiro atoms. The summed E-state index contributed by atoms with van der Waals surface area (Å²) in [6.45, 7) is 2.33. The van der Waals surface area contributed by atoms with Gasteiger partial charge < -0.3 is 10.1 Å². The molecule has 2 bridgehead atoms. The van der Waals surface area contributed by atoms with Crippen molar-refractivity contribution in [3.63, 3.8) is 0 Å². The Hall–Kier alpha value is -1.51.